The summed E-state index contributed by atoms with van der Waals surface area (Å²) in [5, 5.41) is 24.8. The number of nitrogens with one attached hydrogen (secondary N) is 2. The molecule has 0 saturated carbocycles. The van der Waals surface area contributed by atoms with Crippen LogP contribution in [-0.2, 0) is 9.84 Å². The lowest BCUT2D eigenvalue weighted by Crippen LogP contribution is -2.37. The summed E-state index contributed by atoms with van der Waals surface area (Å²) in [5.41, 5.74) is 0.995. The van der Waals surface area contributed by atoms with Gasteiger partial charge < -0.3 is 20.8 Å². The molecule has 4 N–H and O–H groups in total. The Bertz CT molecular complexity index is 865. The predicted molar refractivity (Wildman–Crippen MR) is 105 cm³/mol. The maximum Gasteiger partial charge on any atom is 0.319 e. The van der Waals surface area contributed by atoms with Gasteiger partial charge in [0.25, 0.3) is 0 Å². The van der Waals surface area contributed by atoms with Crippen LogP contribution in [0.15, 0.2) is 28.7 Å². The average molecular weight is 417 g/mol. The standard InChI is InChI=1S/C18H25ClN2O5S/c1-11-5-4-6-13(11)20-17(24)21-14-8-7-12(19)16(15(14)23)27(25,26)18(2,3)9-10-22/h5,7-8,13,22-23H,4,6,9-10H2,1-3H3,(H2,20,21,24). The normalized spacial score (nSPS) is 17.5. The second-order valence-electron chi connectivity index (χ2n) is 7.19. The van der Waals surface area contributed by atoms with E-state index in [0.29, 0.717) is 0 Å². The zero-order valence-electron chi connectivity index (χ0n) is 15.5. The first-order chi connectivity index (χ1) is 12.5. The molecule has 1 aromatic rings. The highest BCUT2D eigenvalue weighted by atomic mass is 35.5. The molecule has 0 fully saturated rings. The molecule has 1 aliphatic carbocycles. The van der Waals surface area contributed by atoms with Crippen LogP contribution in [0.3, 0.4) is 0 Å². The highest BCUT2D eigenvalue weighted by Gasteiger charge is 2.39. The van der Waals surface area contributed by atoms with Gasteiger partial charge in [-0.1, -0.05) is 23.3 Å². The molecule has 1 aromatic carbocycles. The van der Waals surface area contributed by atoms with Crippen molar-refractivity contribution in [3.05, 3.63) is 28.8 Å². The second kappa shape index (κ2) is 8.08. The molecule has 0 spiro atoms. The summed E-state index contributed by atoms with van der Waals surface area (Å²) in [7, 11) is -4.07. The summed E-state index contributed by atoms with van der Waals surface area (Å²) < 4.78 is 24.6. The molecule has 150 valence electrons. The van der Waals surface area contributed by atoms with Crippen LogP contribution in [0, 0.1) is 0 Å². The Hall–Kier alpha value is -1.77. The average Bonchev–Trinajstić information content (AvgIpc) is 2.95. The number of phenolic OH excluding ortho intramolecular Hbond substituents is 1. The van der Waals surface area contributed by atoms with E-state index < -0.39 is 31.3 Å². The Labute approximate surface area is 164 Å². The van der Waals surface area contributed by atoms with Gasteiger partial charge in [0.1, 0.15) is 4.90 Å². The van der Waals surface area contributed by atoms with E-state index >= 15 is 0 Å². The number of aliphatic hydroxyl groups excluding tert-OH is 1. The molecule has 0 heterocycles. The molecule has 0 aliphatic heterocycles. The van der Waals surface area contributed by atoms with E-state index in [-0.39, 0.29) is 29.8 Å². The molecule has 27 heavy (non-hydrogen) atoms. The highest BCUT2D eigenvalue weighted by molar-refractivity contribution is 7.93. The largest absolute Gasteiger partial charge is 0.504 e. The van der Waals surface area contributed by atoms with Gasteiger partial charge in [0.2, 0.25) is 0 Å². The predicted octanol–water partition coefficient (Wildman–Crippen LogP) is 3.21. The third-order valence-corrected chi connectivity index (χ3v) is 7.86. The summed E-state index contributed by atoms with van der Waals surface area (Å²) in [5.74, 6) is -0.623. The van der Waals surface area contributed by atoms with Crippen molar-refractivity contribution in [1.82, 2.24) is 5.32 Å². The maximum absolute atomic E-state index is 13.0. The van der Waals surface area contributed by atoms with Crippen LogP contribution in [0.5, 0.6) is 5.75 Å². The molecule has 1 atom stereocenters. The maximum atomic E-state index is 13.0. The number of aliphatic hydroxyl groups is 1. The molecule has 2 rings (SSSR count). The Morgan fingerprint density at radius 2 is 2.04 bits per heavy atom. The molecular formula is C18H25ClN2O5S. The molecule has 0 bridgehead atoms. The van der Waals surface area contributed by atoms with Crippen molar-refractivity contribution < 1.29 is 23.4 Å². The lowest BCUT2D eigenvalue weighted by molar-refractivity contribution is 0.249. The third kappa shape index (κ3) is 4.39. The minimum atomic E-state index is -4.07. The fourth-order valence-electron chi connectivity index (χ4n) is 2.93. The van der Waals surface area contributed by atoms with E-state index in [1.165, 1.54) is 26.0 Å². The zero-order valence-corrected chi connectivity index (χ0v) is 17.1. The second-order valence-corrected chi connectivity index (χ2v) is 10.1. The molecule has 0 saturated heterocycles. The van der Waals surface area contributed by atoms with Gasteiger partial charge in [-0.05, 0) is 52.2 Å². The Morgan fingerprint density at radius 3 is 2.59 bits per heavy atom. The summed E-state index contributed by atoms with van der Waals surface area (Å²) in [6.45, 7) is 4.47. The zero-order chi connectivity index (χ0) is 20.4. The number of carbonyl (C=O) groups excluding carboxylic acids is 1. The lowest BCUT2D eigenvalue weighted by Gasteiger charge is -2.25. The van der Waals surface area contributed by atoms with Crippen LogP contribution in [0.1, 0.15) is 40.0 Å². The van der Waals surface area contributed by atoms with Gasteiger partial charge in [-0.15, -0.1) is 0 Å². The number of carbonyl (C=O) groups is 1. The first kappa shape index (κ1) is 21.5. The number of halogens is 1. The highest BCUT2D eigenvalue weighted by Crippen LogP contribution is 2.42. The quantitative estimate of drug-likeness (QED) is 0.419. The molecule has 1 aliphatic rings. The smallest absolute Gasteiger partial charge is 0.319 e. The number of aromatic hydroxyl groups is 1. The number of phenols is 1. The number of rotatable bonds is 6. The van der Waals surface area contributed by atoms with E-state index in [1.807, 2.05) is 13.0 Å². The number of amides is 2. The Morgan fingerprint density at radius 1 is 1.37 bits per heavy atom. The van der Waals surface area contributed by atoms with Crippen LogP contribution in [-0.4, -0.2) is 42.1 Å². The van der Waals surface area contributed by atoms with E-state index in [4.69, 9.17) is 16.7 Å². The number of sulfone groups is 1. The van der Waals surface area contributed by atoms with Crippen molar-refractivity contribution in [2.24, 2.45) is 0 Å². The van der Waals surface area contributed by atoms with Crippen LogP contribution < -0.4 is 10.6 Å². The number of hydrogen-bond acceptors (Lipinski definition) is 5. The number of urea groups is 1. The fraction of sp³-hybridized carbons (Fsp3) is 0.500. The number of benzene rings is 1. The first-order valence-corrected chi connectivity index (χ1v) is 10.5. The van der Waals surface area contributed by atoms with E-state index in [9.17, 15) is 18.3 Å². The van der Waals surface area contributed by atoms with Crippen molar-refractivity contribution in [3.8, 4) is 5.75 Å². The first-order valence-electron chi connectivity index (χ1n) is 8.62. The van der Waals surface area contributed by atoms with E-state index in [1.54, 1.807) is 0 Å². The van der Waals surface area contributed by atoms with Gasteiger partial charge in [0, 0.05) is 6.61 Å². The van der Waals surface area contributed by atoms with Gasteiger partial charge in [-0.3, -0.25) is 0 Å². The molecule has 1 unspecified atom stereocenters. The van der Waals surface area contributed by atoms with Crippen LogP contribution >= 0.6 is 11.6 Å². The molecule has 0 aromatic heterocycles. The van der Waals surface area contributed by atoms with Crippen molar-refractivity contribution in [3.63, 3.8) is 0 Å². The number of allylic oxidation sites excluding steroid dienone is 1. The van der Waals surface area contributed by atoms with Gasteiger partial charge >= 0.3 is 6.03 Å². The summed E-state index contributed by atoms with van der Waals surface area (Å²) in [6, 6.07) is 2.00. The van der Waals surface area contributed by atoms with Gasteiger partial charge in [-0.2, -0.15) is 0 Å². The van der Waals surface area contributed by atoms with Crippen LogP contribution in [0.25, 0.3) is 0 Å². The topological polar surface area (TPSA) is 116 Å². The molecule has 0 radical (unpaired) electrons. The van der Waals surface area contributed by atoms with Gasteiger partial charge in [-0.25, -0.2) is 13.2 Å². The molecule has 9 heteroatoms. The van der Waals surface area contributed by atoms with Crippen molar-refractivity contribution in [1.29, 1.82) is 0 Å². The molecule has 2 amide bonds. The number of hydrogen-bond donors (Lipinski definition) is 4. The van der Waals surface area contributed by atoms with Gasteiger partial charge in [0.05, 0.1) is 21.5 Å². The SMILES string of the molecule is CC1=CCCC1NC(=O)Nc1ccc(Cl)c(S(=O)(=O)C(C)(C)CCO)c1O. The Kier molecular flexibility index (Phi) is 6.44. The van der Waals surface area contributed by atoms with E-state index in [0.717, 1.165) is 18.4 Å². The summed E-state index contributed by atoms with van der Waals surface area (Å²) >= 11 is 6.05. The Balaban J connectivity index is 2.32. The van der Waals surface area contributed by atoms with Crippen molar-refractivity contribution >= 4 is 33.2 Å². The lowest BCUT2D eigenvalue weighted by atomic mass is 10.1. The van der Waals surface area contributed by atoms with Crippen LogP contribution in [0.2, 0.25) is 5.02 Å². The monoisotopic (exact) mass is 416 g/mol. The third-order valence-electron chi connectivity index (χ3n) is 4.82. The van der Waals surface area contributed by atoms with Gasteiger partial charge in [0.15, 0.2) is 15.6 Å². The van der Waals surface area contributed by atoms with E-state index in [2.05, 4.69) is 10.6 Å². The minimum absolute atomic E-state index is 0.0312. The molecular weight excluding hydrogens is 392 g/mol. The number of anilines is 1. The summed E-state index contributed by atoms with van der Waals surface area (Å²) in [6.07, 6.45) is 3.68. The van der Waals surface area contributed by atoms with Crippen molar-refractivity contribution in [2.75, 3.05) is 11.9 Å². The molecule has 7 nitrogen and oxygen atoms in total. The van der Waals surface area contributed by atoms with Crippen LogP contribution in [0.4, 0.5) is 10.5 Å². The fourth-order valence-corrected chi connectivity index (χ4v) is 4.99. The minimum Gasteiger partial charge on any atom is -0.504 e. The summed E-state index contributed by atoms with van der Waals surface area (Å²) in [4.78, 5) is 11.8. The van der Waals surface area contributed by atoms with Crippen molar-refractivity contribution in [2.45, 2.75) is 55.7 Å².